The molecule has 2 atom stereocenters. The number of carboxylic acid groups (broad SMARTS) is 2. The van der Waals surface area contributed by atoms with Crippen LogP contribution in [0, 0.1) is 11.3 Å². The van der Waals surface area contributed by atoms with E-state index < -0.39 is 40.9 Å². The predicted octanol–water partition coefficient (Wildman–Crippen LogP) is 0.907. The standard InChI is InChI=1S/C14H23NO6/c1-5-9-10(17)15(8(4)16)14(11(18)19,12(20)21)13(9,6-2)7-3/h9-10,17H,5-7H2,1-4H3,(H,18,19)(H,20,21). The van der Waals surface area contributed by atoms with Gasteiger partial charge < -0.3 is 15.3 Å². The third-order valence-electron chi connectivity index (χ3n) is 5.08. The zero-order valence-electron chi connectivity index (χ0n) is 12.8. The first kappa shape index (κ1) is 17.4. The van der Waals surface area contributed by atoms with Gasteiger partial charge in [-0.25, -0.2) is 9.59 Å². The van der Waals surface area contributed by atoms with E-state index >= 15 is 0 Å². The van der Waals surface area contributed by atoms with E-state index in [1.807, 2.05) is 0 Å². The molecule has 7 nitrogen and oxygen atoms in total. The van der Waals surface area contributed by atoms with Crippen molar-refractivity contribution < 1.29 is 29.7 Å². The molecule has 1 amide bonds. The second-order valence-electron chi connectivity index (χ2n) is 5.50. The van der Waals surface area contributed by atoms with Crippen LogP contribution in [0.25, 0.3) is 0 Å². The number of carbonyl (C=O) groups is 3. The van der Waals surface area contributed by atoms with Crippen LogP contribution in [0.15, 0.2) is 0 Å². The zero-order valence-corrected chi connectivity index (χ0v) is 12.8. The van der Waals surface area contributed by atoms with Gasteiger partial charge in [-0.2, -0.15) is 0 Å². The molecule has 0 aromatic rings. The average molecular weight is 301 g/mol. The number of hydrogen-bond donors (Lipinski definition) is 3. The Morgan fingerprint density at radius 2 is 1.48 bits per heavy atom. The van der Waals surface area contributed by atoms with Crippen molar-refractivity contribution in [3.63, 3.8) is 0 Å². The molecule has 0 aromatic carbocycles. The Morgan fingerprint density at radius 1 is 1.05 bits per heavy atom. The molecule has 0 aliphatic carbocycles. The quantitative estimate of drug-likeness (QED) is 0.650. The highest BCUT2D eigenvalue weighted by Crippen LogP contribution is 2.57. The van der Waals surface area contributed by atoms with E-state index in [0.29, 0.717) is 11.3 Å². The minimum absolute atomic E-state index is 0.238. The fraction of sp³-hybridized carbons (Fsp3) is 0.786. The third kappa shape index (κ3) is 1.87. The van der Waals surface area contributed by atoms with E-state index in [4.69, 9.17) is 0 Å². The highest BCUT2D eigenvalue weighted by Gasteiger charge is 2.75. The summed E-state index contributed by atoms with van der Waals surface area (Å²) in [7, 11) is 0. The van der Waals surface area contributed by atoms with Crippen molar-refractivity contribution >= 4 is 17.8 Å². The van der Waals surface area contributed by atoms with Gasteiger partial charge in [-0.15, -0.1) is 0 Å². The molecule has 1 fully saturated rings. The molecular formula is C14H23NO6. The van der Waals surface area contributed by atoms with Crippen molar-refractivity contribution in [3.8, 4) is 0 Å². The monoisotopic (exact) mass is 301 g/mol. The van der Waals surface area contributed by atoms with Crippen LogP contribution in [0.1, 0.15) is 47.0 Å². The lowest BCUT2D eigenvalue weighted by molar-refractivity contribution is -0.183. The van der Waals surface area contributed by atoms with Gasteiger partial charge in [-0.05, 0) is 19.3 Å². The van der Waals surface area contributed by atoms with Gasteiger partial charge in [0.1, 0.15) is 6.23 Å². The number of likely N-dealkylation sites (tertiary alicyclic amines) is 1. The maximum Gasteiger partial charge on any atom is 0.342 e. The lowest BCUT2D eigenvalue weighted by Crippen LogP contribution is -2.66. The Labute approximate surface area is 123 Å². The Morgan fingerprint density at radius 3 is 1.71 bits per heavy atom. The molecule has 1 heterocycles. The van der Waals surface area contributed by atoms with E-state index in [-0.39, 0.29) is 12.8 Å². The van der Waals surface area contributed by atoms with Crippen LogP contribution >= 0.6 is 0 Å². The number of aliphatic hydroxyl groups excluding tert-OH is 1. The molecule has 1 aliphatic heterocycles. The summed E-state index contributed by atoms with van der Waals surface area (Å²) in [5.74, 6) is -4.58. The van der Waals surface area contributed by atoms with Crippen LogP contribution in [0.2, 0.25) is 0 Å². The summed E-state index contributed by atoms with van der Waals surface area (Å²) in [4.78, 5) is 36.4. The minimum Gasteiger partial charge on any atom is -0.479 e. The van der Waals surface area contributed by atoms with E-state index in [1.54, 1.807) is 20.8 Å². The number of aliphatic carboxylic acids is 2. The lowest BCUT2D eigenvalue weighted by atomic mass is 9.60. The van der Waals surface area contributed by atoms with Gasteiger partial charge in [-0.1, -0.05) is 20.8 Å². The van der Waals surface area contributed by atoms with Crippen molar-refractivity contribution in [2.75, 3.05) is 0 Å². The fourth-order valence-electron chi connectivity index (χ4n) is 4.21. The maximum absolute atomic E-state index is 11.9. The van der Waals surface area contributed by atoms with E-state index in [9.17, 15) is 29.7 Å². The first-order valence-electron chi connectivity index (χ1n) is 7.13. The molecule has 1 rings (SSSR count). The Bertz CT molecular complexity index is 442. The summed E-state index contributed by atoms with van der Waals surface area (Å²) in [6, 6.07) is 0. The Hall–Kier alpha value is -1.63. The molecule has 0 aromatic heterocycles. The van der Waals surface area contributed by atoms with Crippen molar-refractivity contribution in [3.05, 3.63) is 0 Å². The summed E-state index contributed by atoms with van der Waals surface area (Å²) >= 11 is 0. The van der Waals surface area contributed by atoms with Crippen molar-refractivity contribution in [2.24, 2.45) is 11.3 Å². The van der Waals surface area contributed by atoms with Crippen molar-refractivity contribution in [1.82, 2.24) is 4.90 Å². The highest BCUT2D eigenvalue weighted by molar-refractivity contribution is 6.08. The highest BCUT2D eigenvalue weighted by atomic mass is 16.4. The molecule has 0 saturated carbocycles. The molecule has 0 bridgehead atoms. The SMILES string of the molecule is CCC1C(O)N(C(C)=O)C(C(=O)O)(C(=O)O)C1(CC)CC. The first-order valence-corrected chi connectivity index (χ1v) is 7.13. The summed E-state index contributed by atoms with van der Waals surface area (Å²) in [6.45, 7) is 6.23. The van der Waals surface area contributed by atoms with Gasteiger partial charge >= 0.3 is 11.9 Å². The Kier molecular flexibility index (Phi) is 4.67. The number of nitrogens with zero attached hydrogens (tertiary/aromatic N) is 1. The van der Waals surface area contributed by atoms with E-state index in [0.717, 1.165) is 6.92 Å². The molecule has 0 spiro atoms. The van der Waals surface area contributed by atoms with Crippen molar-refractivity contribution in [1.29, 1.82) is 0 Å². The van der Waals surface area contributed by atoms with Gasteiger partial charge in [0.2, 0.25) is 11.4 Å². The number of carbonyl (C=O) groups excluding carboxylic acids is 1. The lowest BCUT2D eigenvalue weighted by Gasteiger charge is -2.43. The summed E-state index contributed by atoms with van der Waals surface area (Å²) in [5.41, 5.74) is -3.66. The zero-order chi connectivity index (χ0) is 16.6. The second-order valence-corrected chi connectivity index (χ2v) is 5.50. The molecule has 7 heteroatoms. The number of rotatable bonds is 5. The Balaban J connectivity index is 3.82. The van der Waals surface area contributed by atoms with Crippen LogP contribution in [-0.2, 0) is 14.4 Å². The van der Waals surface area contributed by atoms with Crippen LogP contribution in [0.5, 0.6) is 0 Å². The number of hydrogen-bond acceptors (Lipinski definition) is 4. The van der Waals surface area contributed by atoms with Crippen molar-refractivity contribution in [2.45, 2.75) is 58.7 Å². The molecule has 1 saturated heterocycles. The molecule has 0 radical (unpaired) electrons. The van der Waals surface area contributed by atoms with Crippen LogP contribution in [0.3, 0.4) is 0 Å². The maximum atomic E-state index is 11.9. The molecule has 120 valence electrons. The van der Waals surface area contributed by atoms with Crippen LogP contribution in [-0.4, -0.2) is 49.8 Å². The van der Waals surface area contributed by atoms with Gasteiger partial charge in [0.15, 0.2) is 0 Å². The van der Waals surface area contributed by atoms with E-state index in [2.05, 4.69) is 0 Å². The molecular weight excluding hydrogens is 278 g/mol. The molecule has 1 aliphatic rings. The fourth-order valence-corrected chi connectivity index (χ4v) is 4.21. The minimum atomic E-state index is -2.44. The molecule has 21 heavy (non-hydrogen) atoms. The third-order valence-corrected chi connectivity index (χ3v) is 5.08. The number of amides is 1. The van der Waals surface area contributed by atoms with Gasteiger partial charge in [0, 0.05) is 18.3 Å². The molecule has 3 N–H and O–H groups in total. The average Bonchev–Trinajstić information content (AvgIpc) is 2.64. The molecule has 2 unspecified atom stereocenters. The summed E-state index contributed by atoms with van der Waals surface area (Å²) in [5, 5.41) is 29.8. The topological polar surface area (TPSA) is 115 Å². The van der Waals surface area contributed by atoms with Gasteiger partial charge in [0.25, 0.3) is 0 Å². The first-order chi connectivity index (χ1) is 9.68. The van der Waals surface area contributed by atoms with Gasteiger partial charge in [0.05, 0.1) is 0 Å². The smallest absolute Gasteiger partial charge is 0.342 e. The van der Waals surface area contributed by atoms with Crippen LogP contribution < -0.4 is 0 Å². The van der Waals surface area contributed by atoms with Gasteiger partial charge in [-0.3, -0.25) is 9.69 Å². The number of aliphatic hydroxyl groups is 1. The summed E-state index contributed by atoms with van der Waals surface area (Å²) < 4.78 is 0. The van der Waals surface area contributed by atoms with Crippen LogP contribution in [0.4, 0.5) is 0 Å². The van der Waals surface area contributed by atoms with E-state index in [1.165, 1.54) is 0 Å². The number of carboxylic acids is 2. The largest absolute Gasteiger partial charge is 0.479 e. The summed E-state index contributed by atoms with van der Waals surface area (Å²) in [6.07, 6.45) is -0.558. The second kappa shape index (κ2) is 5.63. The predicted molar refractivity (Wildman–Crippen MR) is 73.3 cm³/mol. The normalized spacial score (nSPS) is 26.6.